The molecule has 0 spiro atoms. The summed E-state index contributed by atoms with van der Waals surface area (Å²) in [5.41, 5.74) is -0.427. The first kappa shape index (κ1) is 11.1. The van der Waals surface area contributed by atoms with Gasteiger partial charge in [-0.1, -0.05) is 27.7 Å². The summed E-state index contributed by atoms with van der Waals surface area (Å²) in [4.78, 5) is 21.7. The van der Waals surface area contributed by atoms with Gasteiger partial charge in [-0.25, -0.2) is 0 Å². The minimum atomic E-state index is -0.910. The molecule has 0 saturated heterocycles. The number of hydrogen-bond donors (Lipinski definition) is 1. The lowest BCUT2D eigenvalue weighted by molar-refractivity contribution is -0.144. The second-order valence-electron chi connectivity index (χ2n) is 4.12. The Balaban J connectivity index is 4.11. The Bertz CT molecular complexity index is 188. The third-order valence-electron chi connectivity index (χ3n) is 1.75. The first-order valence-electron chi connectivity index (χ1n) is 4.01. The Morgan fingerprint density at radius 1 is 1.33 bits per heavy atom. The maximum Gasteiger partial charge on any atom is 0.306 e. The molecule has 12 heavy (non-hydrogen) atoms. The van der Waals surface area contributed by atoms with Crippen molar-refractivity contribution < 1.29 is 14.7 Å². The zero-order valence-corrected chi connectivity index (χ0v) is 8.05. The fourth-order valence-corrected chi connectivity index (χ4v) is 0.672. The highest BCUT2D eigenvalue weighted by molar-refractivity contribution is 5.87. The number of rotatable bonds is 3. The van der Waals surface area contributed by atoms with E-state index in [1.807, 2.05) is 0 Å². The Hall–Kier alpha value is -0.860. The highest BCUT2D eigenvalue weighted by Crippen LogP contribution is 2.19. The van der Waals surface area contributed by atoms with Gasteiger partial charge in [-0.3, -0.25) is 9.59 Å². The van der Waals surface area contributed by atoms with Crippen LogP contribution in [0.2, 0.25) is 0 Å². The molecular formula is C9H16O3. The lowest BCUT2D eigenvalue weighted by Crippen LogP contribution is -2.24. The van der Waals surface area contributed by atoms with Crippen molar-refractivity contribution in [2.24, 2.45) is 11.3 Å². The fraction of sp³-hybridized carbons (Fsp3) is 0.778. The highest BCUT2D eigenvalue weighted by atomic mass is 16.4. The number of aliphatic carboxylic acids is 1. The smallest absolute Gasteiger partial charge is 0.306 e. The van der Waals surface area contributed by atoms with Gasteiger partial charge in [0.1, 0.15) is 5.78 Å². The molecule has 0 aromatic carbocycles. The average Bonchev–Trinajstić information content (AvgIpc) is 1.85. The van der Waals surface area contributed by atoms with Crippen molar-refractivity contribution in [2.75, 3.05) is 0 Å². The van der Waals surface area contributed by atoms with Crippen LogP contribution in [0.4, 0.5) is 0 Å². The predicted molar refractivity (Wildman–Crippen MR) is 45.9 cm³/mol. The van der Waals surface area contributed by atoms with Gasteiger partial charge in [0.25, 0.3) is 0 Å². The molecule has 0 rings (SSSR count). The van der Waals surface area contributed by atoms with Crippen LogP contribution in [0.1, 0.15) is 34.1 Å². The number of ketones is 1. The van der Waals surface area contributed by atoms with Crippen LogP contribution in [-0.2, 0) is 9.59 Å². The number of carboxylic acids is 1. The van der Waals surface area contributed by atoms with Crippen LogP contribution < -0.4 is 0 Å². The summed E-state index contributed by atoms with van der Waals surface area (Å²) in [6.07, 6.45) is 0.124. The zero-order valence-electron chi connectivity index (χ0n) is 8.05. The van der Waals surface area contributed by atoms with Crippen LogP contribution in [0.25, 0.3) is 0 Å². The van der Waals surface area contributed by atoms with Crippen LogP contribution in [0, 0.1) is 11.3 Å². The van der Waals surface area contributed by atoms with Crippen LogP contribution >= 0.6 is 0 Å². The number of carbonyl (C=O) groups excluding carboxylic acids is 1. The van der Waals surface area contributed by atoms with Crippen molar-refractivity contribution in [3.63, 3.8) is 0 Å². The molecule has 0 aliphatic heterocycles. The van der Waals surface area contributed by atoms with E-state index in [0.29, 0.717) is 0 Å². The highest BCUT2D eigenvalue weighted by Gasteiger charge is 2.25. The molecule has 3 heteroatoms. The summed E-state index contributed by atoms with van der Waals surface area (Å²) >= 11 is 0. The van der Waals surface area contributed by atoms with Crippen LogP contribution in [0.3, 0.4) is 0 Å². The topological polar surface area (TPSA) is 54.4 Å². The van der Waals surface area contributed by atoms with E-state index in [9.17, 15) is 9.59 Å². The van der Waals surface area contributed by atoms with Gasteiger partial charge in [0.15, 0.2) is 0 Å². The average molecular weight is 172 g/mol. The van der Waals surface area contributed by atoms with Gasteiger partial charge in [0, 0.05) is 11.8 Å². The fourth-order valence-electron chi connectivity index (χ4n) is 0.672. The molecule has 0 radical (unpaired) electrons. The summed E-state index contributed by atoms with van der Waals surface area (Å²) in [7, 11) is 0. The first-order chi connectivity index (χ1) is 5.25. The molecule has 0 unspecified atom stereocenters. The van der Waals surface area contributed by atoms with E-state index in [-0.39, 0.29) is 12.2 Å². The number of Topliss-reactive ketones (excluding diaryl/α,β-unsaturated/α-hetero) is 1. The van der Waals surface area contributed by atoms with E-state index in [0.717, 1.165) is 0 Å². The molecule has 0 aromatic heterocycles. The Labute approximate surface area is 72.8 Å². The van der Waals surface area contributed by atoms with Crippen LogP contribution in [-0.4, -0.2) is 16.9 Å². The molecule has 0 saturated carbocycles. The van der Waals surface area contributed by atoms with Crippen molar-refractivity contribution in [3.05, 3.63) is 0 Å². The second-order valence-corrected chi connectivity index (χ2v) is 4.12. The van der Waals surface area contributed by atoms with Crippen LogP contribution in [0.15, 0.2) is 0 Å². The zero-order chi connectivity index (χ0) is 9.94. The maximum absolute atomic E-state index is 11.3. The molecule has 0 aliphatic rings. The molecule has 1 atom stereocenters. The SMILES string of the molecule is C[C@H](CC(=O)C(C)(C)C)C(=O)O. The van der Waals surface area contributed by atoms with E-state index in [1.165, 1.54) is 0 Å². The molecule has 0 heterocycles. The van der Waals surface area contributed by atoms with Gasteiger partial charge in [0.2, 0.25) is 0 Å². The molecule has 0 aromatic rings. The quantitative estimate of drug-likeness (QED) is 0.705. The van der Waals surface area contributed by atoms with E-state index in [1.54, 1.807) is 27.7 Å². The first-order valence-corrected chi connectivity index (χ1v) is 4.01. The molecule has 0 amide bonds. The molecule has 3 nitrogen and oxygen atoms in total. The Morgan fingerprint density at radius 3 is 2.00 bits per heavy atom. The third kappa shape index (κ3) is 3.51. The summed E-state index contributed by atoms with van der Waals surface area (Å²) in [6.45, 7) is 6.93. The number of hydrogen-bond acceptors (Lipinski definition) is 2. The van der Waals surface area contributed by atoms with Gasteiger partial charge in [-0.15, -0.1) is 0 Å². The van der Waals surface area contributed by atoms with Gasteiger partial charge in [0.05, 0.1) is 5.92 Å². The lowest BCUT2D eigenvalue weighted by atomic mass is 9.86. The maximum atomic E-state index is 11.3. The number of carboxylic acid groups (broad SMARTS) is 1. The summed E-state index contributed by atoms with van der Waals surface area (Å²) < 4.78 is 0. The number of carbonyl (C=O) groups is 2. The third-order valence-corrected chi connectivity index (χ3v) is 1.75. The minimum Gasteiger partial charge on any atom is -0.481 e. The van der Waals surface area contributed by atoms with E-state index in [4.69, 9.17) is 5.11 Å². The van der Waals surface area contributed by atoms with E-state index < -0.39 is 17.3 Å². The monoisotopic (exact) mass is 172 g/mol. The predicted octanol–water partition coefficient (Wildman–Crippen LogP) is 1.71. The summed E-state index contributed by atoms with van der Waals surface area (Å²) in [5.74, 6) is -1.48. The molecule has 1 N–H and O–H groups in total. The Kier molecular flexibility index (Phi) is 3.43. The van der Waals surface area contributed by atoms with E-state index >= 15 is 0 Å². The summed E-state index contributed by atoms with van der Waals surface area (Å²) in [6, 6.07) is 0. The minimum absolute atomic E-state index is 0.00241. The van der Waals surface area contributed by atoms with Gasteiger partial charge < -0.3 is 5.11 Å². The molecule has 70 valence electrons. The molecular weight excluding hydrogens is 156 g/mol. The largest absolute Gasteiger partial charge is 0.481 e. The Morgan fingerprint density at radius 2 is 1.75 bits per heavy atom. The second kappa shape index (κ2) is 3.70. The normalized spacial score (nSPS) is 14.0. The van der Waals surface area contributed by atoms with Crippen molar-refractivity contribution in [1.82, 2.24) is 0 Å². The van der Waals surface area contributed by atoms with Gasteiger partial charge in [-0.05, 0) is 0 Å². The molecule has 0 aliphatic carbocycles. The van der Waals surface area contributed by atoms with Crippen molar-refractivity contribution >= 4 is 11.8 Å². The van der Waals surface area contributed by atoms with Crippen molar-refractivity contribution in [1.29, 1.82) is 0 Å². The lowest BCUT2D eigenvalue weighted by Gasteiger charge is -2.17. The summed E-state index contributed by atoms with van der Waals surface area (Å²) in [5, 5.41) is 8.54. The van der Waals surface area contributed by atoms with Crippen molar-refractivity contribution in [2.45, 2.75) is 34.1 Å². The van der Waals surface area contributed by atoms with Crippen molar-refractivity contribution in [3.8, 4) is 0 Å². The molecule has 0 fully saturated rings. The van der Waals surface area contributed by atoms with Crippen LogP contribution in [0.5, 0.6) is 0 Å². The molecule has 0 bridgehead atoms. The standard InChI is InChI=1S/C9H16O3/c1-6(8(11)12)5-7(10)9(2,3)4/h6H,5H2,1-4H3,(H,11,12)/t6-/m1/s1. The van der Waals surface area contributed by atoms with E-state index in [2.05, 4.69) is 0 Å². The van der Waals surface area contributed by atoms with Gasteiger partial charge in [-0.2, -0.15) is 0 Å². The van der Waals surface area contributed by atoms with Gasteiger partial charge >= 0.3 is 5.97 Å².